The first kappa shape index (κ1) is 10.7. The molecule has 0 aromatic heterocycles. The van der Waals surface area contributed by atoms with Gasteiger partial charge in [0.2, 0.25) is 0 Å². The molecule has 0 saturated carbocycles. The lowest BCUT2D eigenvalue weighted by Gasteiger charge is -2.26. The Hall–Kier alpha value is -1.97. The molecule has 0 bridgehead atoms. The molecule has 2 aliphatic carbocycles. The largest absolute Gasteiger partial charge is 0.359 e. The van der Waals surface area contributed by atoms with Crippen molar-refractivity contribution in [3.63, 3.8) is 0 Å². The van der Waals surface area contributed by atoms with Gasteiger partial charge in [-0.2, -0.15) is 0 Å². The van der Waals surface area contributed by atoms with E-state index in [1.165, 1.54) is 27.8 Å². The zero-order valence-electron chi connectivity index (χ0n) is 11.4. The van der Waals surface area contributed by atoms with Crippen molar-refractivity contribution in [3.05, 3.63) is 58.1 Å². The van der Waals surface area contributed by atoms with Crippen LogP contribution in [0, 0.1) is 0 Å². The molecule has 0 N–H and O–H groups in total. The van der Waals surface area contributed by atoms with Gasteiger partial charge in [-0.25, -0.2) is 0 Å². The van der Waals surface area contributed by atoms with Crippen LogP contribution in [0.3, 0.4) is 0 Å². The lowest BCUT2D eigenvalue weighted by atomic mass is 9.74. The number of carbonyl (C=O) groups is 1. The molecule has 2 saturated heterocycles. The van der Waals surface area contributed by atoms with Gasteiger partial charge in [-0.3, -0.25) is 4.79 Å². The second-order valence-corrected chi connectivity index (χ2v) is 6.31. The molecule has 0 radical (unpaired) electrons. The first-order chi connectivity index (χ1) is 10.3. The van der Waals surface area contributed by atoms with Crippen LogP contribution in [0.25, 0.3) is 11.1 Å². The van der Waals surface area contributed by atoms with Crippen molar-refractivity contribution in [1.82, 2.24) is 0 Å². The molecule has 3 heteroatoms. The minimum Gasteiger partial charge on any atom is -0.359 e. The highest BCUT2D eigenvalue weighted by Gasteiger charge is 2.56. The third-order valence-corrected chi connectivity index (χ3v) is 5.22. The predicted molar refractivity (Wildman–Crippen MR) is 75.0 cm³/mol. The standard InChI is InChI=1S/C18H12O3/c1-7(19)8-5-6-11-13-12-9(15-16(11)20-15)3-2-4-10(12)17-18(21-17)14(8)13/h2-6,15-18H,1H3/t15-,16+,17+,18-/m1/s1. The Bertz CT molecular complexity index is 853. The summed E-state index contributed by atoms with van der Waals surface area (Å²) in [6.07, 6.45) is 0.532. The molecule has 0 amide bonds. The van der Waals surface area contributed by atoms with Crippen molar-refractivity contribution in [2.75, 3.05) is 0 Å². The molecule has 4 aliphatic rings. The van der Waals surface area contributed by atoms with Crippen molar-refractivity contribution in [2.24, 2.45) is 0 Å². The number of hydrogen-bond acceptors (Lipinski definition) is 3. The highest BCUT2D eigenvalue weighted by atomic mass is 16.6. The fourth-order valence-corrected chi connectivity index (χ4v) is 4.26. The summed E-state index contributed by atoms with van der Waals surface area (Å²) in [6, 6.07) is 10.4. The van der Waals surface area contributed by atoms with Crippen molar-refractivity contribution in [3.8, 4) is 11.1 Å². The SMILES string of the molecule is CC(=O)c1ccc2c3c1[C@H]1O[C@H]1c1cccc(c1-3)[C@H]1O[C@@H]21. The summed E-state index contributed by atoms with van der Waals surface area (Å²) >= 11 is 0. The van der Waals surface area contributed by atoms with Crippen LogP contribution in [-0.2, 0) is 9.47 Å². The van der Waals surface area contributed by atoms with Crippen LogP contribution in [-0.4, -0.2) is 5.78 Å². The number of Topliss-reactive ketones (excluding diaryl/α,β-unsaturated/α-hetero) is 1. The third-order valence-electron chi connectivity index (χ3n) is 5.22. The molecule has 2 heterocycles. The summed E-state index contributed by atoms with van der Waals surface area (Å²) in [7, 11) is 0. The molecule has 6 rings (SSSR count). The van der Waals surface area contributed by atoms with E-state index in [0.29, 0.717) is 0 Å². The second kappa shape index (κ2) is 3.11. The second-order valence-electron chi connectivity index (χ2n) is 6.31. The number of ketones is 1. The van der Waals surface area contributed by atoms with E-state index in [9.17, 15) is 4.79 Å². The molecular formula is C18H12O3. The van der Waals surface area contributed by atoms with Crippen LogP contribution < -0.4 is 0 Å². The van der Waals surface area contributed by atoms with Crippen LogP contribution in [0.2, 0.25) is 0 Å². The Kier molecular flexibility index (Phi) is 1.58. The molecule has 3 nitrogen and oxygen atoms in total. The molecule has 2 aliphatic heterocycles. The van der Waals surface area contributed by atoms with E-state index in [-0.39, 0.29) is 30.2 Å². The van der Waals surface area contributed by atoms with Gasteiger partial charge in [0.15, 0.2) is 5.78 Å². The van der Waals surface area contributed by atoms with Gasteiger partial charge in [0, 0.05) is 11.1 Å². The number of epoxide rings is 2. The van der Waals surface area contributed by atoms with Crippen LogP contribution in [0.5, 0.6) is 0 Å². The molecule has 0 unspecified atom stereocenters. The van der Waals surface area contributed by atoms with Crippen LogP contribution >= 0.6 is 0 Å². The summed E-state index contributed by atoms with van der Waals surface area (Å²) < 4.78 is 11.8. The normalized spacial score (nSPS) is 31.9. The van der Waals surface area contributed by atoms with Gasteiger partial charge in [0.1, 0.15) is 24.4 Å². The molecule has 2 aromatic carbocycles. The van der Waals surface area contributed by atoms with Crippen molar-refractivity contribution in [2.45, 2.75) is 31.3 Å². The molecule has 2 fully saturated rings. The zero-order valence-corrected chi connectivity index (χ0v) is 11.4. The fraction of sp³-hybridized carbons (Fsp3) is 0.278. The Labute approximate surface area is 121 Å². The summed E-state index contributed by atoms with van der Waals surface area (Å²) in [5.74, 6) is 0.113. The topological polar surface area (TPSA) is 42.1 Å². The first-order valence-corrected chi connectivity index (χ1v) is 7.37. The minimum absolute atomic E-state index is 0.0527. The molecule has 4 atom stereocenters. The number of fused-ring (bicyclic) bond motifs is 6. The Morgan fingerprint density at radius 1 is 0.857 bits per heavy atom. The van der Waals surface area contributed by atoms with Crippen molar-refractivity contribution in [1.29, 1.82) is 0 Å². The number of ether oxygens (including phenoxy) is 2. The van der Waals surface area contributed by atoms with E-state index in [2.05, 4.69) is 24.3 Å². The lowest BCUT2D eigenvalue weighted by Crippen LogP contribution is -2.12. The summed E-state index contributed by atoms with van der Waals surface area (Å²) in [6.45, 7) is 1.64. The van der Waals surface area contributed by atoms with Gasteiger partial charge >= 0.3 is 0 Å². The van der Waals surface area contributed by atoms with E-state index in [1.807, 2.05) is 6.07 Å². The lowest BCUT2D eigenvalue weighted by molar-refractivity contribution is 0.101. The van der Waals surface area contributed by atoms with E-state index in [1.54, 1.807) is 6.92 Å². The van der Waals surface area contributed by atoms with Crippen molar-refractivity contribution < 1.29 is 14.3 Å². The summed E-state index contributed by atoms with van der Waals surface area (Å²) in [5.41, 5.74) is 8.14. The maximum absolute atomic E-state index is 12.0. The number of hydrogen-bond donors (Lipinski definition) is 0. The number of benzene rings is 2. The Morgan fingerprint density at radius 3 is 2.19 bits per heavy atom. The number of rotatable bonds is 1. The summed E-state index contributed by atoms with van der Waals surface area (Å²) in [4.78, 5) is 12.0. The maximum atomic E-state index is 12.0. The molecule has 2 aromatic rings. The molecule has 0 spiro atoms. The van der Waals surface area contributed by atoms with Gasteiger partial charge in [0.25, 0.3) is 0 Å². The van der Waals surface area contributed by atoms with Gasteiger partial charge in [-0.15, -0.1) is 0 Å². The smallest absolute Gasteiger partial charge is 0.160 e. The maximum Gasteiger partial charge on any atom is 0.160 e. The molecule has 21 heavy (non-hydrogen) atoms. The Balaban J connectivity index is 1.81. The van der Waals surface area contributed by atoms with Crippen molar-refractivity contribution >= 4 is 5.78 Å². The number of carbonyl (C=O) groups excluding carboxylic acids is 1. The quantitative estimate of drug-likeness (QED) is 0.587. The molecular weight excluding hydrogens is 264 g/mol. The van der Waals surface area contributed by atoms with Gasteiger partial charge < -0.3 is 9.47 Å². The van der Waals surface area contributed by atoms with E-state index < -0.39 is 0 Å². The van der Waals surface area contributed by atoms with E-state index >= 15 is 0 Å². The first-order valence-electron chi connectivity index (χ1n) is 7.37. The average molecular weight is 276 g/mol. The van der Waals surface area contributed by atoms with Gasteiger partial charge in [-0.05, 0) is 34.7 Å². The highest BCUT2D eigenvalue weighted by molar-refractivity contribution is 6.00. The van der Waals surface area contributed by atoms with Crippen LogP contribution in [0.4, 0.5) is 0 Å². The van der Waals surface area contributed by atoms with E-state index in [4.69, 9.17) is 9.47 Å². The average Bonchev–Trinajstić information content (AvgIpc) is 3.36. The Morgan fingerprint density at radius 2 is 1.48 bits per heavy atom. The fourth-order valence-electron chi connectivity index (χ4n) is 4.26. The third kappa shape index (κ3) is 1.10. The van der Waals surface area contributed by atoms with Crippen LogP contribution in [0.15, 0.2) is 30.3 Å². The summed E-state index contributed by atoms with van der Waals surface area (Å²) in [5, 5.41) is 0. The highest BCUT2D eigenvalue weighted by Crippen LogP contribution is 2.68. The minimum atomic E-state index is 0.0527. The van der Waals surface area contributed by atoms with E-state index in [0.717, 1.165) is 11.1 Å². The van der Waals surface area contributed by atoms with Gasteiger partial charge in [-0.1, -0.05) is 30.3 Å². The van der Waals surface area contributed by atoms with Gasteiger partial charge in [0.05, 0.1) is 0 Å². The zero-order chi connectivity index (χ0) is 13.9. The van der Waals surface area contributed by atoms with Crippen LogP contribution in [0.1, 0.15) is 64.0 Å². The monoisotopic (exact) mass is 276 g/mol. The molecule has 102 valence electrons. The predicted octanol–water partition coefficient (Wildman–Crippen LogP) is 3.81.